The Hall–Kier alpha value is -0.890. The first-order valence-electron chi connectivity index (χ1n) is 7.42. The van der Waals surface area contributed by atoms with E-state index in [4.69, 9.17) is 4.42 Å². The summed E-state index contributed by atoms with van der Waals surface area (Å²) in [4.78, 5) is 2.59. The zero-order valence-corrected chi connectivity index (χ0v) is 13.8. The van der Waals surface area contributed by atoms with Crippen LogP contribution in [0.2, 0.25) is 0 Å². The molecule has 2 heterocycles. The van der Waals surface area contributed by atoms with E-state index in [0.717, 1.165) is 26.1 Å². The topological polar surface area (TPSA) is 74.6 Å². The molecule has 21 heavy (non-hydrogen) atoms. The second-order valence-electron chi connectivity index (χ2n) is 5.56. The lowest BCUT2D eigenvalue weighted by Crippen LogP contribution is -2.31. The smallest absolute Gasteiger partial charge is 0.244 e. The Kier molecular flexibility index (Phi) is 5.43. The van der Waals surface area contributed by atoms with E-state index in [9.17, 15) is 8.42 Å². The van der Waals surface area contributed by atoms with E-state index in [2.05, 4.69) is 21.9 Å². The van der Waals surface area contributed by atoms with Gasteiger partial charge >= 0.3 is 0 Å². The summed E-state index contributed by atoms with van der Waals surface area (Å²) in [6.07, 6.45) is 1.05. The Labute approximate surface area is 126 Å². The summed E-state index contributed by atoms with van der Waals surface area (Å²) in [5, 5.41) is 2.95. The lowest BCUT2D eigenvalue weighted by Gasteiger charge is -2.13. The van der Waals surface area contributed by atoms with Crippen LogP contribution in [0.5, 0.6) is 0 Å². The van der Waals surface area contributed by atoms with E-state index < -0.39 is 10.0 Å². The number of rotatable bonds is 7. The van der Waals surface area contributed by atoms with Crippen LogP contribution < -0.4 is 10.0 Å². The molecule has 2 rings (SSSR count). The maximum atomic E-state index is 12.4. The summed E-state index contributed by atoms with van der Waals surface area (Å²) < 4.78 is 32.9. The molecule has 1 aromatic heterocycles. The van der Waals surface area contributed by atoms with Crippen LogP contribution in [0.4, 0.5) is 0 Å². The SMILES string of the molecule is CCN1CCC(CNS(=O)(=O)c2cc(CNC)oc2C)C1. The van der Waals surface area contributed by atoms with Gasteiger partial charge in [0, 0.05) is 19.2 Å². The molecule has 1 fully saturated rings. The molecule has 0 saturated carbocycles. The minimum Gasteiger partial charge on any atom is -0.464 e. The predicted octanol–water partition coefficient (Wildman–Crippen LogP) is 0.928. The highest BCUT2D eigenvalue weighted by Crippen LogP contribution is 2.21. The number of hydrogen-bond acceptors (Lipinski definition) is 5. The molecule has 120 valence electrons. The van der Waals surface area contributed by atoms with Gasteiger partial charge in [-0.05, 0) is 39.4 Å². The van der Waals surface area contributed by atoms with E-state index in [0.29, 0.717) is 30.5 Å². The van der Waals surface area contributed by atoms with Gasteiger partial charge in [0.1, 0.15) is 16.4 Å². The van der Waals surface area contributed by atoms with Gasteiger partial charge in [0.2, 0.25) is 10.0 Å². The van der Waals surface area contributed by atoms with Crippen molar-refractivity contribution in [2.75, 3.05) is 33.2 Å². The fourth-order valence-electron chi connectivity index (χ4n) is 2.72. The monoisotopic (exact) mass is 315 g/mol. The van der Waals surface area contributed by atoms with Gasteiger partial charge in [0.05, 0.1) is 6.54 Å². The second-order valence-corrected chi connectivity index (χ2v) is 7.30. The van der Waals surface area contributed by atoms with Gasteiger partial charge in [-0.2, -0.15) is 0 Å². The highest BCUT2D eigenvalue weighted by atomic mass is 32.2. The highest BCUT2D eigenvalue weighted by molar-refractivity contribution is 7.89. The molecule has 0 radical (unpaired) electrons. The van der Waals surface area contributed by atoms with Crippen molar-refractivity contribution in [2.45, 2.75) is 31.7 Å². The van der Waals surface area contributed by atoms with Crippen molar-refractivity contribution >= 4 is 10.0 Å². The zero-order valence-electron chi connectivity index (χ0n) is 13.0. The van der Waals surface area contributed by atoms with Gasteiger partial charge in [0.15, 0.2) is 0 Å². The lowest BCUT2D eigenvalue weighted by atomic mass is 10.1. The minimum absolute atomic E-state index is 0.248. The van der Waals surface area contributed by atoms with E-state index in [1.54, 1.807) is 20.0 Å². The quantitative estimate of drug-likeness (QED) is 0.783. The summed E-state index contributed by atoms with van der Waals surface area (Å²) in [5.41, 5.74) is 0. The maximum Gasteiger partial charge on any atom is 0.244 e. The first-order valence-corrected chi connectivity index (χ1v) is 8.90. The van der Waals surface area contributed by atoms with Gasteiger partial charge in [-0.15, -0.1) is 0 Å². The average molecular weight is 315 g/mol. The van der Waals surface area contributed by atoms with Gasteiger partial charge in [0.25, 0.3) is 0 Å². The standard InChI is InChI=1S/C14H25N3O3S/c1-4-17-6-5-12(10-17)8-16-21(18,19)14-7-13(9-15-3)20-11(14)2/h7,12,15-16H,4-6,8-10H2,1-3H3. The molecule has 7 heteroatoms. The van der Waals surface area contributed by atoms with Crippen LogP contribution in [-0.4, -0.2) is 46.5 Å². The summed E-state index contributed by atoms with van der Waals surface area (Å²) >= 11 is 0. The molecule has 1 aliphatic rings. The molecule has 0 amide bonds. The summed E-state index contributed by atoms with van der Waals surface area (Å²) in [6, 6.07) is 1.60. The normalized spacial score (nSPS) is 20.2. The van der Waals surface area contributed by atoms with Crippen LogP contribution in [0.1, 0.15) is 24.9 Å². The molecule has 1 unspecified atom stereocenters. The molecule has 1 saturated heterocycles. The third-order valence-electron chi connectivity index (χ3n) is 3.94. The van der Waals surface area contributed by atoms with Crippen molar-refractivity contribution < 1.29 is 12.8 Å². The van der Waals surface area contributed by atoms with Crippen molar-refractivity contribution in [1.29, 1.82) is 0 Å². The molecular weight excluding hydrogens is 290 g/mol. The van der Waals surface area contributed by atoms with Crippen molar-refractivity contribution in [3.8, 4) is 0 Å². The molecule has 2 N–H and O–H groups in total. The zero-order chi connectivity index (χ0) is 15.5. The van der Waals surface area contributed by atoms with Crippen LogP contribution in [0.25, 0.3) is 0 Å². The van der Waals surface area contributed by atoms with Gasteiger partial charge < -0.3 is 14.6 Å². The van der Waals surface area contributed by atoms with Gasteiger partial charge in [-0.1, -0.05) is 6.92 Å². The molecule has 1 aliphatic heterocycles. The average Bonchev–Trinajstić information content (AvgIpc) is 3.04. The molecule has 6 nitrogen and oxygen atoms in total. The number of nitrogens with zero attached hydrogens (tertiary/aromatic N) is 1. The largest absolute Gasteiger partial charge is 0.464 e. The second kappa shape index (κ2) is 6.91. The van der Waals surface area contributed by atoms with Crippen LogP contribution in [0.15, 0.2) is 15.4 Å². The number of nitrogens with one attached hydrogen (secondary N) is 2. The number of hydrogen-bond donors (Lipinski definition) is 2. The highest BCUT2D eigenvalue weighted by Gasteiger charge is 2.25. The van der Waals surface area contributed by atoms with E-state index in [1.807, 2.05) is 0 Å². The molecule has 0 bridgehead atoms. The Morgan fingerprint density at radius 1 is 1.48 bits per heavy atom. The van der Waals surface area contributed by atoms with E-state index in [1.165, 1.54) is 0 Å². The van der Waals surface area contributed by atoms with Crippen LogP contribution in [0.3, 0.4) is 0 Å². The van der Waals surface area contributed by atoms with Crippen molar-refractivity contribution in [2.24, 2.45) is 5.92 Å². The molecular formula is C14H25N3O3S. The van der Waals surface area contributed by atoms with Crippen LogP contribution in [0, 0.1) is 12.8 Å². The molecule has 0 aliphatic carbocycles. The first kappa shape index (κ1) is 16.5. The number of aryl methyl sites for hydroxylation is 1. The van der Waals surface area contributed by atoms with Crippen molar-refractivity contribution in [3.63, 3.8) is 0 Å². The van der Waals surface area contributed by atoms with Crippen molar-refractivity contribution in [1.82, 2.24) is 14.9 Å². The molecule has 1 aromatic rings. The first-order chi connectivity index (χ1) is 9.96. The third kappa shape index (κ3) is 4.06. The maximum absolute atomic E-state index is 12.4. The summed E-state index contributed by atoms with van der Waals surface area (Å²) in [6.45, 7) is 7.87. The third-order valence-corrected chi connectivity index (χ3v) is 5.47. The van der Waals surface area contributed by atoms with Crippen LogP contribution in [-0.2, 0) is 16.6 Å². The van der Waals surface area contributed by atoms with Gasteiger partial charge in [-0.3, -0.25) is 0 Å². The van der Waals surface area contributed by atoms with Crippen molar-refractivity contribution in [3.05, 3.63) is 17.6 Å². The summed E-state index contributed by atoms with van der Waals surface area (Å²) in [5.74, 6) is 1.46. The van der Waals surface area contributed by atoms with Crippen LogP contribution >= 0.6 is 0 Å². The van der Waals surface area contributed by atoms with Gasteiger partial charge in [-0.25, -0.2) is 13.1 Å². The predicted molar refractivity (Wildman–Crippen MR) is 81.6 cm³/mol. The lowest BCUT2D eigenvalue weighted by molar-refractivity contribution is 0.342. The molecule has 0 spiro atoms. The fraction of sp³-hybridized carbons (Fsp3) is 0.714. The summed E-state index contributed by atoms with van der Waals surface area (Å²) in [7, 11) is -1.69. The number of sulfonamides is 1. The minimum atomic E-state index is -3.49. The van der Waals surface area contributed by atoms with E-state index >= 15 is 0 Å². The Morgan fingerprint density at radius 3 is 2.86 bits per heavy atom. The Bertz CT molecular complexity index is 568. The molecule has 0 aromatic carbocycles. The molecule has 1 atom stereocenters. The Balaban J connectivity index is 1.98. The number of likely N-dealkylation sites (tertiary alicyclic amines) is 1. The Morgan fingerprint density at radius 2 is 2.24 bits per heavy atom. The number of furan rings is 1. The fourth-order valence-corrected chi connectivity index (χ4v) is 4.04. The van der Waals surface area contributed by atoms with E-state index in [-0.39, 0.29) is 4.90 Å².